The molecule has 0 aliphatic heterocycles. The van der Waals surface area contributed by atoms with Crippen LogP contribution in [-0.2, 0) is 6.61 Å². The van der Waals surface area contributed by atoms with E-state index in [-0.39, 0.29) is 12.7 Å². The molecule has 2 N–H and O–H groups in total. The lowest BCUT2D eigenvalue weighted by Gasteiger charge is -2.10. The highest BCUT2D eigenvalue weighted by molar-refractivity contribution is 5.57. The zero-order valence-corrected chi connectivity index (χ0v) is 9.97. The molecule has 0 aliphatic rings. The molecule has 0 saturated heterocycles. The van der Waals surface area contributed by atoms with Crippen molar-refractivity contribution in [3.63, 3.8) is 0 Å². The molecule has 1 heterocycles. The molecule has 0 aliphatic carbocycles. The second-order valence-electron chi connectivity index (χ2n) is 4.11. The number of H-pyrrole nitrogens is 1. The first kappa shape index (κ1) is 11.7. The number of aliphatic hydroxyl groups excluding tert-OH is 1. The lowest BCUT2D eigenvalue weighted by Crippen LogP contribution is -2.05. The second kappa shape index (κ2) is 5.01. The largest absolute Gasteiger partial charge is 0.491 e. The van der Waals surface area contributed by atoms with Crippen molar-refractivity contribution >= 4 is 0 Å². The predicted molar refractivity (Wildman–Crippen MR) is 65.7 cm³/mol. The van der Waals surface area contributed by atoms with Crippen LogP contribution in [0.2, 0.25) is 0 Å². The van der Waals surface area contributed by atoms with Crippen molar-refractivity contribution in [3.8, 4) is 17.1 Å². The fraction of sp³-hybridized carbons (Fsp3) is 0.308. The Morgan fingerprint density at radius 2 is 2.24 bits per heavy atom. The van der Waals surface area contributed by atoms with Crippen LogP contribution in [0, 0.1) is 0 Å². The van der Waals surface area contributed by atoms with E-state index in [2.05, 4.69) is 9.97 Å². The first-order chi connectivity index (χ1) is 8.19. The summed E-state index contributed by atoms with van der Waals surface area (Å²) in [4.78, 5) is 7.25. The summed E-state index contributed by atoms with van der Waals surface area (Å²) in [6.07, 6.45) is 1.78. The number of ether oxygens (including phenoxy) is 1. The Hall–Kier alpha value is -1.81. The third kappa shape index (κ3) is 2.85. The number of aromatic nitrogens is 2. The standard InChI is InChI=1S/C13H16N2O2/c1-9(2)17-12-5-3-4-10(6-12)13-14-7-11(8-16)15-13/h3-7,9,16H,8H2,1-2H3,(H,14,15). The smallest absolute Gasteiger partial charge is 0.137 e. The third-order valence-electron chi connectivity index (χ3n) is 2.28. The normalized spacial score (nSPS) is 10.8. The Balaban J connectivity index is 2.26. The first-order valence-electron chi connectivity index (χ1n) is 5.61. The fourth-order valence-corrected chi connectivity index (χ4v) is 1.58. The number of benzene rings is 1. The second-order valence-corrected chi connectivity index (χ2v) is 4.11. The van der Waals surface area contributed by atoms with Crippen LogP contribution in [0.25, 0.3) is 11.4 Å². The summed E-state index contributed by atoms with van der Waals surface area (Å²) < 4.78 is 5.62. The van der Waals surface area contributed by atoms with Crippen LogP contribution >= 0.6 is 0 Å². The quantitative estimate of drug-likeness (QED) is 0.850. The number of aliphatic hydroxyl groups is 1. The predicted octanol–water partition coefficient (Wildman–Crippen LogP) is 2.36. The molecule has 0 radical (unpaired) electrons. The summed E-state index contributed by atoms with van der Waals surface area (Å²) in [5, 5.41) is 8.98. The first-order valence-corrected chi connectivity index (χ1v) is 5.61. The highest BCUT2D eigenvalue weighted by Gasteiger charge is 2.05. The van der Waals surface area contributed by atoms with Gasteiger partial charge in [0.05, 0.1) is 24.6 Å². The Morgan fingerprint density at radius 3 is 2.88 bits per heavy atom. The molecule has 90 valence electrons. The van der Waals surface area contributed by atoms with Crippen molar-refractivity contribution in [2.75, 3.05) is 0 Å². The number of aromatic amines is 1. The van der Waals surface area contributed by atoms with Crippen molar-refractivity contribution in [2.24, 2.45) is 0 Å². The average molecular weight is 232 g/mol. The molecule has 0 spiro atoms. The van der Waals surface area contributed by atoms with Crippen LogP contribution < -0.4 is 4.74 Å². The Labute approximate surface area is 100 Å². The lowest BCUT2D eigenvalue weighted by atomic mass is 10.2. The number of imidazole rings is 1. The van der Waals surface area contributed by atoms with Gasteiger partial charge in [-0.05, 0) is 26.0 Å². The maximum atomic E-state index is 8.98. The molecular formula is C13H16N2O2. The van der Waals surface area contributed by atoms with Crippen molar-refractivity contribution < 1.29 is 9.84 Å². The number of nitrogens with zero attached hydrogens (tertiary/aromatic N) is 1. The minimum Gasteiger partial charge on any atom is -0.491 e. The van der Waals surface area contributed by atoms with E-state index in [0.29, 0.717) is 5.69 Å². The van der Waals surface area contributed by atoms with Crippen molar-refractivity contribution in [1.29, 1.82) is 0 Å². The summed E-state index contributed by atoms with van der Waals surface area (Å²) in [5.41, 5.74) is 1.65. The van der Waals surface area contributed by atoms with Gasteiger partial charge in [-0.3, -0.25) is 0 Å². The monoisotopic (exact) mass is 232 g/mol. The summed E-state index contributed by atoms with van der Waals surface area (Å²) in [7, 11) is 0. The molecule has 4 heteroatoms. The van der Waals surface area contributed by atoms with Gasteiger partial charge in [0.1, 0.15) is 11.6 Å². The third-order valence-corrected chi connectivity index (χ3v) is 2.28. The van der Waals surface area contributed by atoms with Gasteiger partial charge in [-0.1, -0.05) is 12.1 Å². The summed E-state index contributed by atoms with van der Waals surface area (Å²) in [5.74, 6) is 1.56. The van der Waals surface area contributed by atoms with Crippen LogP contribution in [0.5, 0.6) is 5.75 Å². The number of hydrogen-bond donors (Lipinski definition) is 2. The minimum absolute atomic E-state index is 0.0326. The molecule has 17 heavy (non-hydrogen) atoms. The van der Waals surface area contributed by atoms with Crippen molar-refractivity contribution in [1.82, 2.24) is 9.97 Å². The van der Waals surface area contributed by atoms with E-state index in [1.165, 1.54) is 0 Å². The molecule has 2 aromatic rings. The van der Waals surface area contributed by atoms with Gasteiger partial charge in [-0.15, -0.1) is 0 Å². The van der Waals surface area contributed by atoms with Gasteiger partial charge in [-0.2, -0.15) is 0 Å². The van der Waals surface area contributed by atoms with Crippen LogP contribution in [0.4, 0.5) is 0 Å². The van der Waals surface area contributed by atoms with Crippen LogP contribution in [0.1, 0.15) is 19.5 Å². The van der Waals surface area contributed by atoms with E-state index >= 15 is 0 Å². The average Bonchev–Trinajstić information content (AvgIpc) is 2.77. The van der Waals surface area contributed by atoms with E-state index in [0.717, 1.165) is 17.1 Å². The van der Waals surface area contributed by atoms with E-state index in [9.17, 15) is 0 Å². The highest BCUT2D eigenvalue weighted by atomic mass is 16.5. The maximum Gasteiger partial charge on any atom is 0.137 e. The van der Waals surface area contributed by atoms with Crippen LogP contribution in [-0.4, -0.2) is 21.2 Å². The number of rotatable bonds is 4. The number of hydrogen-bond acceptors (Lipinski definition) is 3. The van der Waals surface area contributed by atoms with E-state index in [1.807, 2.05) is 38.1 Å². The topological polar surface area (TPSA) is 58.1 Å². The molecular weight excluding hydrogens is 216 g/mol. The Bertz CT molecular complexity index is 492. The van der Waals surface area contributed by atoms with Gasteiger partial charge in [0.15, 0.2) is 0 Å². The van der Waals surface area contributed by atoms with Crippen molar-refractivity contribution in [2.45, 2.75) is 26.6 Å². The molecule has 0 saturated carbocycles. The van der Waals surface area contributed by atoms with Gasteiger partial charge < -0.3 is 14.8 Å². The van der Waals surface area contributed by atoms with Crippen molar-refractivity contribution in [3.05, 3.63) is 36.2 Å². The van der Waals surface area contributed by atoms with Gasteiger partial charge in [0, 0.05) is 5.56 Å². The maximum absolute atomic E-state index is 8.98. The van der Waals surface area contributed by atoms with Crippen LogP contribution in [0.15, 0.2) is 30.5 Å². The molecule has 0 amide bonds. The SMILES string of the molecule is CC(C)Oc1cccc(-c2ncc(CO)[nH]2)c1. The fourth-order valence-electron chi connectivity index (χ4n) is 1.58. The van der Waals surface area contributed by atoms with Crippen LogP contribution in [0.3, 0.4) is 0 Å². The zero-order chi connectivity index (χ0) is 12.3. The molecule has 1 aromatic carbocycles. The molecule has 0 bridgehead atoms. The molecule has 2 rings (SSSR count). The van der Waals surface area contributed by atoms with E-state index in [1.54, 1.807) is 6.20 Å². The molecule has 1 aromatic heterocycles. The minimum atomic E-state index is -0.0326. The van der Waals surface area contributed by atoms with Gasteiger partial charge >= 0.3 is 0 Å². The van der Waals surface area contributed by atoms with Gasteiger partial charge in [0.2, 0.25) is 0 Å². The van der Waals surface area contributed by atoms with Gasteiger partial charge in [-0.25, -0.2) is 4.98 Å². The zero-order valence-electron chi connectivity index (χ0n) is 9.97. The van der Waals surface area contributed by atoms with E-state index < -0.39 is 0 Å². The number of nitrogens with one attached hydrogen (secondary N) is 1. The summed E-state index contributed by atoms with van der Waals surface area (Å²) in [6, 6.07) is 7.72. The highest BCUT2D eigenvalue weighted by Crippen LogP contribution is 2.22. The Kier molecular flexibility index (Phi) is 3.44. The Morgan fingerprint density at radius 1 is 1.41 bits per heavy atom. The van der Waals surface area contributed by atoms with Gasteiger partial charge in [0.25, 0.3) is 0 Å². The molecule has 0 fully saturated rings. The molecule has 4 nitrogen and oxygen atoms in total. The molecule has 0 unspecified atom stereocenters. The van der Waals surface area contributed by atoms with E-state index in [4.69, 9.17) is 9.84 Å². The summed E-state index contributed by atoms with van der Waals surface area (Å²) in [6.45, 7) is 3.95. The molecule has 0 atom stereocenters. The summed E-state index contributed by atoms with van der Waals surface area (Å²) >= 11 is 0. The lowest BCUT2D eigenvalue weighted by molar-refractivity contribution is 0.242.